The number of hydrogen-bond donors (Lipinski definition) is 0. The highest BCUT2D eigenvalue weighted by Gasteiger charge is 2.35. The van der Waals surface area contributed by atoms with E-state index in [0.29, 0.717) is 27.9 Å². The molecule has 67 heavy (non-hydrogen) atoms. The van der Waals surface area contributed by atoms with E-state index in [1.165, 1.54) is 28.3 Å². The van der Waals surface area contributed by atoms with Crippen molar-refractivity contribution in [3.8, 4) is 33.6 Å². The van der Waals surface area contributed by atoms with E-state index in [1.807, 2.05) is 30.3 Å². The van der Waals surface area contributed by atoms with Gasteiger partial charge in [-0.2, -0.15) is 13.2 Å². The molecule has 0 aliphatic carbocycles. The zero-order valence-corrected chi connectivity index (χ0v) is 41.1. The predicted octanol–water partition coefficient (Wildman–Crippen LogP) is 18.3. The van der Waals surface area contributed by atoms with Gasteiger partial charge in [0.1, 0.15) is 0 Å². The van der Waals surface area contributed by atoms with Gasteiger partial charge in [-0.25, -0.2) is 4.85 Å². The van der Waals surface area contributed by atoms with Gasteiger partial charge < -0.3 is 9.13 Å². The Morgan fingerprint density at radius 1 is 0.433 bits per heavy atom. The van der Waals surface area contributed by atoms with Crippen LogP contribution in [0.25, 0.3) is 82.1 Å². The molecular weight excluding hydrogens is 832 g/mol. The van der Waals surface area contributed by atoms with Crippen LogP contribution in [-0.4, -0.2) is 9.13 Å². The van der Waals surface area contributed by atoms with E-state index in [9.17, 15) is 0 Å². The molecule has 2 aromatic heterocycles. The van der Waals surface area contributed by atoms with Crippen LogP contribution in [-0.2, 0) is 27.8 Å². The molecule has 340 valence electrons. The molecule has 0 fully saturated rings. The van der Waals surface area contributed by atoms with E-state index in [0.717, 1.165) is 61.1 Å². The standard InChI is InChI=1S/C61H60F3N3/c1-36-17-15-18-47(61(62,63)64)55(36)37-21-26-53(66-49-27-22-38(57(2,3)4)32-42(49)43-33-39(58(5,6)7)23-28-50(43)66)46(31-37)56-48(65-14)19-16-20-54(56)67-51-29-24-40(59(8,9)10)34-44(51)45-35-41(60(11,12)13)25-30-52(45)67/h15-35H,1-13H3. The van der Waals surface area contributed by atoms with Crippen molar-refractivity contribution in [1.29, 1.82) is 0 Å². The lowest BCUT2D eigenvalue weighted by Gasteiger charge is -2.23. The molecule has 0 saturated carbocycles. The third-order valence-corrected chi connectivity index (χ3v) is 13.7. The summed E-state index contributed by atoms with van der Waals surface area (Å²) in [5.41, 5.74) is 11.9. The number of nitrogens with zero attached hydrogens (tertiary/aromatic N) is 3. The Labute approximate surface area is 393 Å². The fourth-order valence-corrected chi connectivity index (χ4v) is 9.89. The van der Waals surface area contributed by atoms with Crippen molar-refractivity contribution >= 4 is 49.3 Å². The van der Waals surface area contributed by atoms with Crippen LogP contribution in [0.4, 0.5) is 18.9 Å². The van der Waals surface area contributed by atoms with Crippen LogP contribution in [0, 0.1) is 13.5 Å². The Bertz CT molecular complexity index is 3360. The minimum absolute atomic E-state index is 0.108. The summed E-state index contributed by atoms with van der Waals surface area (Å²) >= 11 is 0. The quantitative estimate of drug-likeness (QED) is 0.156. The summed E-state index contributed by atoms with van der Waals surface area (Å²) in [6.07, 6.45) is -4.59. The Morgan fingerprint density at radius 3 is 1.22 bits per heavy atom. The Kier molecular flexibility index (Phi) is 10.5. The summed E-state index contributed by atoms with van der Waals surface area (Å²) < 4.78 is 49.6. The van der Waals surface area contributed by atoms with Crippen LogP contribution in [0.2, 0.25) is 0 Å². The normalized spacial score (nSPS) is 13.1. The maximum Gasteiger partial charge on any atom is 0.417 e. The highest BCUT2D eigenvalue weighted by molar-refractivity contribution is 6.13. The summed E-state index contributed by atoms with van der Waals surface area (Å²) in [4.78, 5) is 4.22. The topological polar surface area (TPSA) is 14.2 Å². The molecule has 9 aromatic rings. The molecule has 0 amide bonds. The van der Waals surface area contributed by atoms with E-state index in [-0.39, 0.29) is 27.2 Å². The van der Waals surface area contributed by atoms with Crippen molar-refractivity contribution in [3.63, 3.8) is 0 Å². The van der Waals surface area contributed by atoms with Gasteiger partial charge in [0.2, 0.25) is 0 Å². The Balaban J connectivity index is 1.46. The number of aromatic nitrogens is 2. The van der Waals surface area contributed by atoms with E-state index in [2.05, 4.69) is 176 Å². The van der Waals surface area contributed by atoms with E-state index in [4.69, 9.17) is 6.57 Å². The molecule has 0 radical (unpaired) electrons. The zero-order valence-electron chi connectivity index (χ0n) is 41.1. The third kappa shape index (κ3) is 7.81. The van der Waals surface area contributed by atoms with Crippen molar-refractivity contribution in [3.05, 3.63) is 172 Å². The average Bonchev–Trinajstić information content (AvgIpc) is 3.75. The first-order chi connectivity index (χ1) is 31.3. The largest absolute Gasteiger partial charge is 0.417 e. The number of benzene rings is 7. The summed E-state index contributed by atoms with van der Waals surface area (Å²) in [5.74, 6) is 0. The average molecular weight is 892 g/mol. The molecule has 0 bridgehead atoms. The van der Waals surface area contributed by atoms with Gasteiger partial charge in [0.25, 0.3) is 0 Å². The number of rotatable bonds is 4. The lowest BCUT2D eigenvalue weighted by atomic mass is 9.85. The second-order valence-electron chi connectivity index (χ2n) is 22.6. The zero-order chi connectivity index (χ0) is 48.3. The van der Waals surface area contributed by atoms with E-state index >= 15 is 13.2 Å². The van der Waals surface area contributed by atoms with E-state index < -0.39 is 11.7 Å². The van der Waals surface area contributed by atoms with Gasteiger partial charge in [-0.15, -0.1) is 0 Å². The maximum atomic E-state index is 15.0. The molecule has 0 unspecified atom stereocenters. The SMILES string of the molecule is [C-]#[N+]c1cccc(-n2c3ccc(C(C)(C)C)cc3c3cc(C(C)(C)C)ccc32)c1-c1cc(-c2c(C)cccc2C(F)(F)F)ccc1-n1c2ccc(C(C)(C)C)cc2c2cc(C(C)(C)C)ccc21. The molecule has 6 heteroatoms. The number of aryl methyl sites for hydroxylation is 1. The van der Waals surface area contributed by atoms with Crippen molar-refractivity contribution in [2.24, 2.45) is 0 Å². The summed E-state index contributed by atoms with van der Waals surface area (Å²) in [7, 11) is 0. The molecular formula is C61H60F3N3. The smallest absolute Gasteiger partial charge is 0.310 e. The van der Waals surface area contributed by atoms with E-state index in [1.54, 1.807) is 13.0 Å². The molecule has 0 aliphatic heterocycles. The molecule has 0 saturated heterocycles. The van der Waals surface area contributed by atoms with Gasteiger partial charge in [0, 0.05) is 32.8 Å². The van der Waals surface area contributed by atoms with Crippen LogP contribution >= 0.6 is 0 Å². The first-order valence-electron chi connectivity index (χ1n) is 23.3. The van der Waals surface area contributed by atoms with Gasteiger partial charge in [-0.1, -0.05) is 138 Å². The van der Waals surface area contributed by atoms with Gasteiger partial charge in [-0.05, 0) is 146 Å². The van der Waals surface area contributed by atoms with Crippen LogP contribution in [0.3, 0.4) is 0 Å². The summed E-state index contributed by atoms with van der Waals surface area (Å²) in [5, 5.41) is 4.38. The number of hydrogen-bond acceptors (Lipinski definition) is 0. The van der Waals surface area contributed by atoms with Crippen molar-refractivity contribution in [2.45, 2.75) is 118 Å². The fraction of sp³-hybridized carbons (Fsp3) is 0.295. The van der Waals surface area contributed by atoms with Crippen molar-refractivity contribution < 1.29 is 13.2 Å². The Morgan fingerprint density at radius 2 is 0.836 bits per heavy atom. The number of halogens is 3. The molecule has 0 atom stereocenters. The van der Waals surface area contributed by atoms with Gasteiger partial charge in [0.05, 0.1) is 39.9 Å². The maximum absolute atomic E-state index is 15.0. The molecule has 3 nitrogen and oxygen atoms in total. The van der Waals surface area contributed by atoms with Gasteiger partial charge in [-0.3, -0.25) is 0 Å². The van der Waals surface area contributed by atoms with Crippen LogP contribution in [0.15, 0.2) is 127 Å². The minimum atomic E-state index is -4.59. The Hall–Kier alpha value is -6.58. The summed E-state index contributed by atoms with van der Waals surface area (Å²) in [6, 6.07) is 42.6. The predicted molar refractivity (Wildman–Crippen MR) is 277 cm³/mol. The number of fused-ring (bicyclic) bond motifs is 6. The van der Waals surface area contributed by atoms with Crippen molar-refractivity contribution in [1.82, 2.24) is 9.13 Å². The second kappa shape index (κ2) is 15.5. The fourth-order valence-electron chi connectivity index (χ4n) is 9.89. The van der Waals surface area contributed by atoms with Crippen LogP contribution in [0.5, 0.6) is 0 Å². The van der Waals surface area contributed by atoms with Crippen molar-refractivity contribution in [2.75, 3.05) is 0 Å². The number of alkyl halides is 3. The third-order valence-electron chi connectivity index (χ3n) is 13.7. The highest BCUT2D eigenvalue weighted by Crippen LogP contribution is 2.49. The van der Waals surface area contributed by atoms with Crippen LogP contribution in [0.1, 0.15) is 116 Å². The summed E-state index contributed by atoms with van der Waals surface area (Å²) in [6.45, 7) is 37.2. The molecule has 7 aromatic carbocycles. The highest BCUT2D eigenvalue weighted by atomic mass is 19.4. The first kappa shape index (κ1) is 45.6. The lowest BCUT2D eigenvalue weighted by Crippen LogP contribution is -2.10. The lowest BCUT2D eigenvalue weighted by molar-refractivity contribution is -0.137. The van der Waals surface area contributed by atoms with Gasteiger partial charge >= 0.3 is 6.18 Å². The van der Waals surface area contributed by atoms with Crippen LogP contribution < -0.4 is 0 Å². The second-order valence-corrected chi connectivity index (χ2v) is 22.6. The molecule has 9 rings (SSSR count). The molecule has 0 aliphatic rings. The van der Waals surface area contributed by atoms with Gasteiger partial charge in [0.15, 0.2) is 5.69 Å². The molecule has 0 spiro atoms. The monoisotopic (exact) mass is 891 g/mol. The molecule has 2 heterocycles. The molecule has 0 N–H and O–H groups in total. The minimum Gasteiger partial charge on any atom is -0.310 e. The first-order valence-corrected chi connectivity index (χ1v) is 23.3.